The summed E-state index contributed by atoms with van der Waals surface area (Å²) in [6.45, 7) is 1.57. The normalized spacial score (nSPS) is 20.0. The van der Waals surface area contributed by atoms with Crippen LogP contribution in [0.25, 0.3) is 0 Å². The van der Waals surface area contributed by atoms with Gasteiger partial charge in [0.25, 0.3) is 0 Å². The molecule has 0 fully saturated rings. The molecule has 0 radical (unpaired) electrons. The van der Waals surface area contributed by atoms with Gasteiger partial charge in [0.05, 0.1) is 11.4 Å². The van der Waals surface area contributed by atoms with Gasteiger partial charge < -0.3 is 10.2 Å². The monoisotopic (exact) mass is 457 g/mol. The zero-order chi connectivity index (χ0) is 23.1. The van der Waals surface area contributed by atoms with E-state index in [0.717, 1.165) is 39.6 Å². The minimum atomic E-state index is -0.418. The Kier molecular flexibility index (Phi) is 5.54. The zero-order valence-corrected chi connectivity index (χ0v) is 19.9. The first-order valence-corrected chi connectivity index (χ1v) is 12.0. The second-order valence-electron chi connectivity index (χ2n) is 8.86. The van der Waals surface area contributed by atoms with Crippen LogP contribution in [0.4, 0.5) is 17.1 Å². The molecule has 5 nitrogen and oxygen atoms in total. The number of hydrogen-bond acceptors (Lipinski definition) is 5. The van der Waals surface area contributed by atoms with Crippen molar-refractivity contribution in [3.63, 3.8) is 0 Å². The predicted molar refractivity (Wildman–Crippen MR) is 135 cm³/mol. The highest BCUT2D eigenvalue weighted by Gasteiger charge is 2.41. The number of rotatable bonds is 3. The number of para-hydroxylation sites is 2. The second kappa shape index (κ2) is 8.52. The van der Waals surface area contributed by atoms with Crippen molar-refractivity contribution >= 4 is 40.1 Å². The number of nitrogens with zero attached hydrogens (tertiary/aromatic N) is 2. The van der Waals surface area contributed by atoms with Crippen LogP contribution in [0.3, 0.4) is 0 Å². The summed E-state index contributed by atoms with van der Waals surface area (Å²) in [5.74, 6) is 0.119. The molecule has 0 saturated heterocycles. The first-order valence-electron chi connectivity index (χ1n) is 11.2. The zero-order valence-electron chi connectivity index (χ0n) is 19.0. The third-order valence-electron chi connectivity index (χ3n) is 6.52. The number of benzene rings is 2. The van der Waals surface area contributed by atoms with E-state index in [4.69, 9.17) is 0 Å². The maximum absolute atomic E-state index is 13.7. The van der Waals surface area contributed by atoms with Gasteiger partial charge in [0.2, 0.25) is 5.91 Å². The van der Waals surface area contributed by atoms with E-state index in [-0.39, 0.29) is 17.6 Å². The Morgan fingerprint density at radius 1 is 1.03 bits per heavy atom. The number of Topliss-reactive ketones (excluding diaryl/α,β-unsaturated/α-hetero) is 1. The quantitative estimate of drug-likeness (QED) is 0.545. The smallest absolute Gasteiger partial charge is 0.224 e. The predicted octanol–water partition coefficient (Wildman–Crippen LogP) is 5.73. The summed E-state index contributed by atoms with van der Waals surface area (Å²) >= 11 is 1.58. The first-order chi connectivity index (χ1) is 15.9. The second-order valence-corrected chi connectivity index (χ2v) is 9.83. The summed E-state index contributed by atoms with van der Waals surface area (Å²) in [6, 6.07) is 19.9. The van der Waals surface area contributed by atoms with Crippen LogP contribution in [-0.2, 0) is 9.59 Å². The number of amides is 1. The Labute approximate surface area is 198 Å². The van der Waals surface area contributed by atoms with Gasteiger partial charge in [0.1, 0.15) is 6.04 Å². The molecule has 1 N–H and O–H groups in total. The van der Waals surface area contributed by atoms with E-state index in [1.807, 2.05) is 55.9 Å². The molecule has 0 unspecified atom stereocenters. The van der Waals surface area contributed by atoms with Crippen LogP contribution in [0.1, 0.15) is 42.2 Å². The van der Waals surface area contributed by atoms with E-state index in [9.17, 15) is 9.59 Å². The van der Waals surface area contributed by atoms with Crippen LogP contribution < -0.4 is 15.1 Å². The standard InChI is InChI=1S/C27H27N3O2S/c1-17(31)30-23-8-5-4-7-21(23)28-22-15-19(18-10-12-20(13-11-18)29(2)3)16-24(32)26(22)27(30)25-9-6-14-33-25/h4-14,19,27-28H,15-16H2,1-3H3/t19-,27-/m1/s1. The molecule has 2 aliphatic rings. The molecular weight excluding hydrogens is 430 g/mol. The molecule has 2 atom stereocenters. The summed E-state index contributed by atoms with van der Waals surface area (Å²) in [4.78, 5) is 31.5. The van der Waals surface area contributed by atoms with E-state index < -0.39 is 6.04 Å². The average molecular weight is 458 g/mol. The number of hydrogen-bond donors (Lipinski definition) is 1. The Morgan fingerprint density at radius 3 is 2.45 bits per heavy atom. The van der Waals surface area contributed by atoms with Crippen LogP contribution in [0.2, 0.25) is 0 Å². The lowest BCUT2D eigenvalue weighted by Gasteiger charge is -2.33. The van der Waals surface area contributed by atoms with Crippen LogP contribution in [0.5, 0.6) is 0 Å². The first kappa shape index (κ1) is 21.5. The van der Waals surface area contributed by atoms with Crippen molar-refractivity contribution in [1.29, 1.82) is 0 Å². The van der Waals surface area contributed by atoms with E-state index in [1.165, 1.54) is 0 Å². The Morgan fingerprint density at radius 2 is 1.79 bits per heavy atom. The molecule has 33 heavy (non-hydrogen) atoms. The van der Waals surface area contributed by atoms with Gasteiger partial charge in [-0.05, 0) is 53.6 Å². The van der Waals surface area contributed by atoms with Crippen molar-refractivity contribution in [3.05, 3.63) is 87.8 Å². The highest BCUT2D eigenvalue weighted by molar-refractivity contribution is 7.10. The van der Waals surface area contributed by atoms with Crippen molar-refractivity contribution in [2.75, 3.05) is 29.2 Å². The average Bonchev–Trinajstić information content (AvgIpc) is 3.28. The molecule has 0 spiro atoms. The lowest BCUT2D eigenvalue weighted by Crippen LogP contribution is -2.36. The van der Waals surface area contributed by atoms with Crippen molar-refractivity contribution in [2.24, 2.45) is 0 Å². The fourth-order valence-corrected chi connectivity index (χ4v) is 5.76. The van der Waals surface area contributed by atoms with Crippen molar-refractivity contribution in [1.82, 2.24) is 0 Å². The highest BCUT2D eigenvalue weighted by Crippen LogP contribution is 2.48. The van der Waals surface area contributed by atoms with Gasteiger partial charge in [0, 0.05) is 49.3 Å². The SMILES string of the molecule is CC(=O)N1c2ccccc2NC2=C(C(=O)C[C@H](c3ccc(N(C)C)cc3)C2)[C@H]1c1cccs1. The third-order valence-corrected chi connectivity index (χ3v) is 7.45. The van der Waals surface area contributed by atoms with Gasteiger partial charge in [0.15, 0.2) is 5.78 Å². The van der Waals surface area contributed by atoms with Crippen LogP contribution >= 0.6 is 11.3 Å². The van der Waals surface area contributed by atoms with Crippen LogP contribution in [-0.4, -0.2) is 25.8 Å². The van der Waals surface area contributed by atoms with Gasteiger partial charge in [-0.3, -0.25) is 14.5 Å². The molecular formula is C27H27N3O2S. The molecule has 1 amide bonds. The maximum atomic E-state index is 13.7. The lowest BCUT2D eigenvalue weighted by atomic mass is 9.79. The van der Waals surface area contributed by atoms with Crippen LogP contribution in [0.15, 0.2) is 77.3 Å². The van der Waals surface area contributed by atoms with Crippen molar-refractivity contribution in [3.8, 4) is 0 Å². The molecule has 2 heterocycles. The van der Waals surface area contributed by atoms with E-state index in [2.05, 4.69) is 34.5 Å². The largest absolute Gasteiger partial charge is 0.378 e. The Hall–Kier alpha value is -3.38. The molecule has 168 valence electrons. The van der Waals surface area contributed by atoms with Crippen molar-refractivity contribution < 1.29 is 9.59 Å². The van der Waals surface area contributed by atoms with Gasteiger partial charge in [-0.2, -0.15) is 0 Å². The number of nitrogens with one attached hydrogen (secondary N) is 1. The molecule has 2 aromatic carbocycles. The Bertz CT molecular complexity index is 1230. The van der Waals surface area contributed by atoms with E-state index in [1.54, 1.807) is 23.2 Å². The third kappa shape index (κ3) is 3.85. The molecule has 1 aliphatic carbocycles. The number of allylic oxidation sites excluding steroid dienone is 1. The molecule has 5 rings (SSSR count). The number of carbonyl (C=O) groups is 2. The molecule has 0 saturated carbocycles. The minimum absolute atomic E-state index is 0.0782. The fourth-order valence-electron chi connectivity index (χ4n) is 4.93. The van der Waals surface area contributed by atoms with Gasteiger partial charge in [-0.25, -0.2) is 0 Å². The van der Waals surface area contributed by atoms with E-state index >= 15 is 0 Å². The molecule has 3 aromatic rings. The molecule has 6 heteroatoms. The van der Waals surface area contributed by atoms with E-state index in [0.29, 0.717) is 12.0 Å². The van der Waals surface area contributed by atoms with Gasteiger partial charge in [-0.15, -0.1) is 11.3 Å². The highest BCUT2D eigenvalue weighted by atomic mass is 32.1. The minimum Gasteiger partial charge on any atom is -0.378 e. The molecule has 0 bridgehead atoms. The maximum Gasteiger partial charge on any atom is 0.224 e. The van der Waals surface area contributed by atoms with Gasteiger partial charge in [-0.1, -0.05) is 30.3 Å². The summed E-state index contributed by atoms with van der Waals surface area (Å²) in [7, 11) is 4.04. The topological polar surface area (TPSA) is 52.7 Å². The summed E-state index contributed by atoms with van der Waals surface area (Å²) in [5, 5.41) is 5.56. The summed E-state index contributed by atoms with van der Waals surface area (Å²) in [6.07, 6.45) is 1.16. The number of anilines is 3. The van der Waals surface area contributed by atoms with Crippen molar-refractivity contribution in [2.45, 2.75) is 31.7 Å². The lowest BCUT2D eigenvalue weighted by molar-refractivity contribution is -0.117. The number of thiophene rings is 1. The molecule has 1 aliphatic heterocycles. The Balaban J connectivity index is 1.62. The number of ketones is 1. The van der Waals surface area contributed by atoms with Crippen LogP contribution in [0, 0.1) is 0 Å². The fraction of sp³-hybridized carbons (Fsp3) is 0.259. The number of carbonyl (C=O) groups excluding carboxylic acids is 2. The summed E-state index contributed by atoms with van der Waals surface area (Å²) in [5.41, 5.74) is 5.59. The summed E-state index contributed by atoms with van der Waals surface area (Å²) < 4.78 is 0. The number of fused-ring (bicyclic) bond motifs is 1. The van der Waals surface area contributed by atoms with Gasteiger partial charge >= 0.3 is 0 Å². The molecule has 1 aromatic heterocycles.